The van der Waals surface area contributed by atoms with Crippen molar-refractivity contribution in [3.05, 3.63) is 35.4 Å². The van der Waals surface area contributed by atoms with Crippen LogP contribution < -0.4 is 0 Å². The van der Waals surface area contributed by atoms with E-state index in [0.29, 0.717) is 12.8 Å². The molecule has 2 atom stereocenters. The Bertz CT molecular complexity index is 922. The van der Waals surface area contributed by atoms with E-state index in [1.165, 1.54) is 21.9 Å². The van der Waals surface area contributed by atoms with Gasteiger partial charge in [-0.05, 0) is 25.0 Å². The number of rotatable bonds is 4. The Labute approximate surface area is 165 Å². The summed E-state index contributed by atoms with van der Waals surface area (Å²) in [6.45, 7) is 0. The lowest BCUT2D eigenvalue weighted by Gasteiger charge is -2.27. The zero-order chi connectivity index (χ0) is 20.7. The molecule has 0 N–H and O–H groups in total. The van der Waals surface area contributed by atoms with Gasteiger partial charge in [-0.15, -0.1) is 0 Å². The van der Waals surface area contributed by atoms with Crippen LogP contribution in [0.4, 0.5) is 0 Å². The minimum absolute atomic E-state index is 0.0504. The van der Waals surface area contributed by atoms with Crippen molar-refractivity contribution in [3.8, 4) is 0 Å². The fourth-order valence-corrected chi connectivity index (χ4v) is 7.28. The van der Waals surface area contributed by atoms with Crippen molar-refractivity contribution >= 4 is 31.5 Å². The monoisotopic (exact) mass is 428 g/mol. The summed E-state index contributed by atoms with van der Waals surface area (Å²) in [7, 11) is -3.20. The van der Waals surface area contributed by atoms with E-state index >= 15 is 0 Å². The highest BCUT2D eigenvalue weighted by Gasteiger charge is 2.36. The van der Waals surface area contributed by atoms with Gasteiger partial charge in [0.15, 0.2) is 19.7 Å². The Kier molecular flexibility index (Phi) is 5.55. The summed E-state index contributed by atoms with van der Waals surface area (Å²) in [6.07, 6.45) is 0.751. The summed E-state index contributed by atoms with van der Waals surface area (Å²) in [5, 5.41) is 0. The second kappa shape index (κ2) is 7.47. The molecule has 1 aromatic rings. The molecule has 3 rings (SSSR count). The quantitative estimate of drug-likeness (QED) is 0.678. The second-order valence-corrected chi connectivity index (χ2v) is 11.9. The number of hydrogen-bond acceptors (Lipinski definition) is 6. The van der Waals surface area contributed by atoms with Gasteiger partial charge in [0.25, 0.3) is 11.8 Å². The van der Waals surface area contributed by atoms with Crippen LogP contribution in [0.5, 0.6) is 0 Å². The first-order valence-corrected chi connectivity index (χ1v) is 12.7. The van der Waals surface area contributed by atoms with Crippen molar-refractivity contribution in [1.29, 1.82) is 0 Å². The molecule has 2 fully saturated rings. The van der Waals surface area contributed by atoms with Gasteiger partial charge in [0.1, 0.15) is 0 Å². The fraction of sp³-hybridized carbons (Fsp3) is 0.556. The summed E-state index contributed by atoms with van der Waals surface area (Å²) < 4.78 is 46.9. The molecule has 0 unspecified atom stereocenters. The molecule has 8 nitrogen and oxygen atoms in total. The topological polar surface area (TPSA) is 109 Å². The molecular weight excluding hydrogens is 404 g/mol. The van der Waals surface area contributed by atoms with Crippen molar-refractivity contribution in [2.24, 2.45) is 0 Å². The number of carbonyl (C=O) groups is 2. The zero-order valence-electron chi connectivity index (χ0n) is 15.9. The number of hydrogen-bond donors (Lipinski definition) is 0. The molecule has 0 spiro atoms. The van der Waals surface area contributed by atoms with Crippen LogP contribution in [0.15, 0.2) is 24.3 Å². The van der Waals surface area contributed by atoms with E-state index in [2.05, 4.69) is 0 Å². The van der Waals surface area contributed by atoms with Gasteiger partial charge in [0, 0.05) is 26.2 Å². The third-order valence-electron chi connectivity index (χ3n) is 5.54. The van der Waals surface area contributed by atoms with Crippen LogP contribution in [-0.4, -0.2) is 87.6 Å². The largest absolute Gasteiger partial charge is 0.338 e. The first-order valence-electron chi connectivity index (χ1n) is 9.05. The van der Waals surface area contributed by atoms with E-state index in [9.17, 15) is 26.4 Å². The van der Waals surface area contributed by atoms with E-state index < -0.39 is 43.6 Å². The molecule has 0 bridgehead atoms. The molecule has 0 aliphatic carbocycles. The van der Waals surface area contributed by atoms with Gasteiger partial charge in [-0.25, -0.2) is 16.8 Å². The molecule has 2 saturated heterocycles. The van der Waals surface area contributed by atoms with E-state index in [1.807, 2.05) is 0 Å². The standard InChI is InChI=1S/C18H24N2O6S2/c1-19(13-7-9-27(23,24)11-13)17(21)15-5-3-4-6-16(15)18(22)20(2)14-8-10-28(25,26)12-14/h3-6,13-14H,7-12H2,1-2H3/t13-,14+. The van der Waals surface area contributed by atoms with E-state index in [1.54, 1.807) is 26.2 Å². The smallest absolute Gasteiger partial charge is 0.254 e. The Hall–Kier alpha value is -1.94. The van der Waals surface area contributed by atoms with Gasteiger partial charge in [-0.2, -0.15) is 0 Å². The van der Waals surface area contributed by atoms with Crippen molar-refractivity contribution in [3.63, 3.8) is 0 Å². The third kappa shape index (κ3) is 4.22. The van der Waals surface area contributed by atoms with Crippen LogP contribution in [0.1, 0.15) is 33.6 Å². The molecular formula is C18H24N2O6S2. The van der Waals surface area contributed by atoms with Crippen molar-refractivity contribution in [2.45, 2.75) is 24.9 Å². The van der Waals surface area contributed by atoms with E-state index in [-0.39, 0.29) is 34.1 Å². The number of benzene rings is 1. The predicted molar refractivity (Wildman–Crippen MR) is 105 cm³/mol. The van der Waals surface area contributed by atoms with Crippen LogP contribution in [-0.2, 0) is 19.7 Å². The number of amides is 2. The zero-order valence-corrected chi connectivity index (χ0v) is 17.5. The molecule has 1 aromatic carbocycles. The first kappa shape index (κ1) is 20.8. The normalized spacial score (nSPS) is 25.4. The summed E-state index contributed by atoms with van der Waals surface area (Å²) in [5.74, 6) is -0.892. The number of carbonyl (C=O) groups excluding carboxylic acids is 2. The predicted octanol–water partition coefficient (Wildman–Crippen LogP) is 0.205. The number of sulfone groups is 2. The molecule has 2 aliphatic heterocycles. The molecule has 2 heterocycles. The van der Waals surface area contributed by atoms with E-state index in [4.69, 9.17) is 0 Å². The van der Waals surface area contributed by atoms with Gasteiger partial charge in [-0.1, -0.05) is 12.1 Å². The highest BCUT2D eigenvalue weighted by molar-refractivity contribution is 7.91. The summed E-state index contributed by atoms with van der Waals surface area (Å²) in [4.78, 5) is 28.7. The molecule has 28 heavy (non-hydrogen) atoms. The molecule has 0 saturated carbocycles. The molecule has 2 amide bonds. The first-order chi connectivity index (χ1) is 13.0. The molecule has 0 radical (unpaired) electrons. The lowest BCUT2D eigenvalue weighted by molar-refractivity contribution is 0.0708. The summed E-state index contributed by atoms with van der Waals surface area (Å²) >= 11 is 0. The minimum Gasteiger partial charge on any atom is -0.338 e. The SMILES string of the molecule is CN(C(=O)c1ccccc1C(=O)N(C)[C@H]1CCS(=O)(=O)C1)[C@@H]1CCS(=O)(=O)C1. The Morgan fingerprint density at radius 1 is 0.786 bits per heavy atom. The van der Waals surface area contributed by atoms with Crippen LogP contribution >= 0.6 is 0 Å². The van der Waals surface area contributed by atoms with E-state index in [0.717, 1.165) is 0 Å². The van der Waals surface area contributed by atoms with Gasteiger partial charge < -0.3 is 9.80 Å². The Morgan fingerprint density at radius 2 is 1.14 bits per heavy atom. The summed E-state index contributed by atoms with van der Waals surface area (Å²) in [5.41, 5.74) is 0.374. The van der Waals surface area contributed by atoms with Crippen molar-refractivity contribution in [2.75, 3.05) is 37.1 Å². The van der Waals surface area contributed by atoms with Crippen LogP contribution in [0, 0.1) is 0 Å². The molecule has 10 heteroatoms. The average molecular weight is 429 g/mol. The maximum Gasteiger partial charge on any atom is 0.254 e. The van der Waals surface area contributed by atoms with Gasteiger partial charge in [-0.3, -0.25) is 9.59 Å². The van der Waals surface area contributed by atoms with Crippen LogP contribution in [0.3, 0.4) is 0 Å². The summed E-state index contributed by atoms with van der Waals surface area (Å²) in [6, 6.07) is 5.52. The van der Waals surface area contributed by atoms with Crippen molar-refractivity contribution < 1.29 is 26.4 Å². The highest BCUT2D eigenvalue weighted by atomic mass is 32.2. The average Bonchev–Trinajstić information content (AvgIpc) is 3.20. The molecule has 154 valence electrons. The molecule has 0 aromatic heterocycles. The Balaban J connectivity index is 1.82. The number of nitrogens with zero attached hydrogens (tertiary/aromatic N) is 2. The van der Waals surface area contributed by atoms with Crippen LogP contribution in [0.25, 0.3) is 0 Å². The maximum atomic E-state index is 13.0. The minimum atomic E-state index is -3.14. The molecule has 2 aliphatic rings. The lowest BCUT2D eigenvalue weighted by atomic mass is 10.0. The van der Waals surface area contributed by atoms with Gasteiger partial charge in [0.05, 0.1) is 34.1 Å². The van der Waals surface area contributed by atoms with Gasteiger partial charge >= 0.3 is 0 Å². The lowest BCUT2D eigenvalue weighted by Crippen LogP contribution is -2.41. The Morgan fingerprint density at radius 3 is 1.43 bits per heavy atom. The maximum absolute atomic E-state index is 13.0. The fourth-order valence-electron chi connectivity index (χ4n) is 3.73. The second-order valence-electron chi connectivity index (χ2n) is 7.49. The highest BCUT2D eigenvalue weighted by Crippen LogP contribution is 2.23. The van der Waals surface area contributed by atoms with Crippen molar-refractivity contribution in [1.82, 2.24) is 9.80 Å². The van der Waals surface area contributed by atoms with Gasteiger partial charge in [0.2, 0.25) is 0 Å². The third-order valence-corrected chi connectivity index (χ3v) is 9.04. The van der Waals surface area contributed by atoms with Crippen LogP contribution in [0.2, 0.25) is 0 Å².